The van der Waals surface area contributed by atoms with Crippen LogP contribution in [0.2, 0.25) is 0 Å². The highest BCUT2D eigenvalue weighted by molar-refractivity contribution is 7.89. The Bertz CT molecular complexity index is 923. The average molecular weight is 426 g/mol. The lowest BCUT2D eigenvalue weighted by molar-refractivity contribution is -0.0950. The number of hydrogen-bond donors (Lipinski definition) is 1. The quantitative estimate of drug-likeness (QED) is 0.706. The van der Waals surface area contributed by atoms with Crippen molar-refractivity contribution in [1.82, 2.24) is 9.29 Å². The number of hydrogen-bond acceptors (Lipinski definition) is 8. The lowest BCUT2D eigenvalue weighted by atomic mass is 10.2. The molecule has 2 aromatic heterocycles. The van der Waals surface area contributed by atoms with Crippen molar-refractivity contribution in [3.05, 3.63) is 29.3 Å². The molecule has 10 heteroatoms. The summed E-state index contributed by atoms with van der Waals surface area (Å²) in [7, 11) is -3.63. The number of nitrogens with zero attached hydrogens (tertiary/aromatic N) is 3. The Morgan fingerprint density at radius 1 is 1.36 bits per heavy atom. The summed E-state index contributed by atoms with van der Waals surface area (Å²) in [5.41, 5.74) is 0.900. The summed E-state index contributed by atoms with van der Waals surface area (Å²) in [6.45, 7) is 4.63. The van der Waals surface area contributed by atoms with Crippen molar-refractivity contribution in [3.8, 4) is 10.4 Å². The molecule has 2 aromatic rings. The first-order chi connectivity index (χ1) is 13.5. The molecule has 1 atom stereocenters. The van der Waals surface area contributed by atoms with E-state index in [1.165, 1.54) is 15.6 Å². The Hall–Kier alpha value is -1.56. The predicted molar refractivity (Wildman–Crippen MR) is 106 cm³/mol. The maximum atomic E-state index is 12.9. The minimum absolute atomic E-state index is 0.264. The smallest absolute Gasteiger partial charge is 0.246 e. The van der Waals surface area contributed by atoms with Crippen LogP contribution in [0.4, 0.5) is 5.82 Å². The minimum atomic E-state index is -3.63. The summed E-state index contributed by atoms with van der Waals surface area (Å²) in [4.78, 5) is 8.71. The number of ether oxygens (including phenoxy) is 2. The van der Waals surface area contributed by atoms with Gasteiger partial charge in [-0.1, -0.05) is 6.92 Å². The fraction of sp³-hybridized carbons (Fsp3) is 0.500. The van der Waals surface area contributed by atoms with E-state index in [0.29, 0.717) is 24.5 Å². The molecule has 152 valence electrons. The van der Waals surface area contributed by atoms with Crippen LogP contribution in [0.1, 0.15) is 18.2 Å². The second kappa shape index (κ2) is 8.05. The normalized spacial score (nSPS) is 20.3. The Balaban J connectivity index is 1.56. The number of anilines is 1. The van der Waals surface area contributed by atoms with Crippen molar-refractivity contribution in [1.29, 1.82) is 0 Å². The number of aliphatic hydroxyl groups excluding tert-OH is 1. The van der Waals surface area contributed by atoms with Crippen LogP contribution in [-0.2, 0) is 26.0 Å². The van der Waals surface area contributed by atoms with E-state index in [2.05, 4.69) is 9.88 Å². The molecule has 2 aliphatic rings. The molecule has 1 saturated heterocycles. The van der Waals surface area contributed by atoms with Gasteiger partial charge in [-0.2, -0.15) is 4.31 Å². The molecule has 1 fully saturated rings. The number of morpholine rings is 1. The molecule has 0 aliphatic carbocycles. The highest BCUT2D eigenvalue weighted by atomic mass is 32.2. The van der Waals surface area contributed by atoms with Crippen LogP contribution >= 0.6 is 11.3 Å². The summed E-state index contributed by atoms with van der Waals surface area (Å²) in [6, 6.07) is 5.66. The molecule has 0 bridgehead atoms. The van der Waals surface area contributed by atoms with Gasteiger partial charge < -0.3 is 19.5 Å². The number of aromatic nitrogens is 1. The topological polar surface area (TPSA) is 92.2 Å². The summed E-state index contributed by atoms with van der Waals surface area (Å²) in [5, 5.41) is 9.02. The number of rotatable bonds is 6. The zero-order valence-corrected chi connectivity index (χ0v) is 17.2. The second-order valence-corrected chi connectivity index (χ2v) is 9.61. The van der Waals surface area contributed by atoms with Gasteiger partial charge in [0.15, 0.2) is 0 Å². The first kappa shape index (κ1) is 19.7. The molecule has 28 heavy (non-hydrogen) atoms. The highest BCUT2D eigenvalue weighted by Crippen LogP contribution is 2.42. The van der Waals surface area contributed by atoms with Gasteiger partial charge in [0.05, 0.1) is 24.7 Å². The summed E-state index contributed by atoms with van der Waals surface area (Å²) in [5.74, 6) is 0.905. The Morgan fingerprint density at radius 3 is 2.75 bits per heavy atom. The third kappa shape index (κ3) is 3.56. The first-order valence-corrected chi connectivity index (χ1v) is 11.5. The SMILES string of the molecule is CCC(OCO)N1Cc2sc(-c3ccc(N4CCOCC4)nc3)cc2S1(=O)=O. The van der Waals surface area contributed by atoms with Crippen LogP contribution in [0.5, 0.6) is 0 Å². The van der Waals surface area contributed by atoms with Crippen LogP contribution < -0.4 is 4.90 Å². The van der Waals surface area contributed by atoms with Gasteiger partial charge >= 0.3 is 0 Å². The van der Waals surface area contributed by atoms with E-state index in [4.69, 9.17) is 14.6 Å². The molecule has 1 N–H and O–H groups in total. The van der Waals surface area contributed by atoms with Crippen LogP contribution in [0, 0.1) is 0 Å². The Kier molecular flexibility index (Phi) is 5.68. The number of thiophene rings is 1. The van der Waals surface area contributed by atoms with Crippen molar-refractivity contribution in [2.75, 3.05) is 38.0 Å². The van der Waals surface area contributed by atoms with Crippen molar-refractivity contribution in [2.24, 2.45) is 0 Å². The van der Waals surface area contributed by atoms with E-state index in [1.807, 2.05) is 19.1 Å². The van der Waals surface area contributed by atoms with Gasteiger partial charge in [-0.3, -0.25) is 0 Å². The van der Waals surface area contributed by atoms with Crippen LogP contribution in [0.3, 0.4) is 0 Å². The Morgan fingerprint density at radius 2 is 2.14 bits per heavy atom. The van der Waals surface area contributed by atoms with Crippen LogP contribution in [0.15, 0.2) is 29.3 Å². The molecular weight excluding hydrogens is 402 g/mol. The molecule has 8 nitrogen and oxygen atoms in total. The number of aliphatic hydroxyl groups is 1. The molecule has 1 unspecified atom stereocenters. The van der Waals surface area contributed by atoms with E-state index >= 15 is 0 Å². The lowest BCUT2D eigenvalue weighted by Gasteiger charge is -2.27. The minimum Gasteiger partial charge on any atom is -0.378 e. The largest absolute Gasteiger partial charge is 0.378 e. The predicted octanol–water partition coefficient (Wildman–Crippen LogP) is 1.85. The third-order valence-electron chi connectivity index (χ3n) is 4.96. The molecule has 4 rings (SSSR count). The first-order valence-electron chi connectivity index (χ1n) is 9.20. The molecule has 0 aromatic carbocycles. The van der Waals surface area contributed by atoms with Crippen LogP contribution in [0.25, 0.3) is 10.4 Å². The second-order valence-electron chi connectivity index (χ2n) is 6.61. The zero-order valence-electron chi connectivity index (χ0n) is 15.6. The molecule has 0 spiro atoms. The monoisotopic (exact) mass is 425 g/mol. The fourth-order valence-electron chi connectivity index (χ4n) is 3.49. The lowest BCUT2D eigenvalue weighted by Crippen LogP contribution is -2.37. The van der Waals surface area contributed by atoms with E-state index in [9.17, 15) is 8.42 Å². The van der Waals surface area contributed by atoms with Gasteiger partial charge in [-0.25, -0.2) is 13.4 Å². The third-order valence-corrected chi connectivity index (χ3v) is 8.16. The van der Waals surface area contributed by atoms with E-state index in [1.54, 1.807) is 12.3 Å². The maximum absolute atomic E-state index is 12.9. The molecule has 0 radical (unpaired) electrons. The Labute approximate surface area is 168 Å². The van der Waals surface area contributed by atoms with Gasteiger partial charge in [-0.15, -0.1) is 11.3 Å². The average Bonchev–Trinajstić information content (AvgIpc) is 3.25. The maximum Gasteiger partial charge on any atom is 0.246 e. The molecular formula is C18H23N3O5S2. The van der Waals surface area contributed by atoms with Crippen LogP contribution in [-0.4, -0.2) is 62.1 Å². The van der Waals surface area contributed by atoms with Gasteiger partial charge in [0.25, 0.3) is 0 Å². The molecule has 2 aliphatic heterocycles. The van der Waals surface area contributed by atoms with E-state index in [0.717, 1.165) is 34.2 Å². The van der Waals surface area contributed by atoms with Gasteiger partial charge in [0.2, 0.25) is 10.0 Å². The number of sulfonamides is 1. The molecule has 4 heterocycles. The highest BCUT2D eigenvalue weighted by Gasteiger charge is 2.41. The van der Waals surface area contributed by atoms with Gasteiger partial charge in [-0.05, 0) is 24.6 Å². The zero-order chi connectivity index (χ0) is 19.7. The number of fused-ring (bicyclic) bond motifs is 1. The summed E-state index contributed by atoms with van der Waals surface area (Å²) >= 11 is 1.46. The van der Waals surface area contributed by atoms with Crippen molar-refractivity contribution in [2.45, 2.75) is 31.0 Å². The molecule has 0 amide bonds. The van der Waals surface area contributed by atoms with Crippen molar-refractivity contribution >= 4 is 27.2 Å². The summed E-state index contributed by atoms with van der Waals surface area (Å²) < 4.78 is 37.7. The van der Waals surface area contributed by atoms with Crippen molar-refractivity contribution < 1.29 is 23.0 Å². The fourth-order valence-corrected chi connectivity index (χ4v) is 6.83. The van der Waals surface area contributed by atoms with Gasteiger partial charge in [0, 0.05) is 34.6 Å². The van der Waals surface area contributed by atoms with Crippen molar-refractivity contribution in [3.63, 3.8) is 0 Å². The van der Waals surface area contributed by atoms with E-state index in [-0.39, 0.29) is 6.54 Å². The van der Waals surface area contributed by atoms with Gasteiger partial charge in [0.1, 0.15) is 18.8 Å². The van der Waals surface area contributed by atoms with E-state index < -0.39 is 23.0 Å². The molecule has 0 saturated carbocycles. The summed E-state index contributed by atoms with van der Waals surface area (Å²) in [6.07, 6.45) is 1.60. The standard InChI is InChI=1S/C18H23N3O5S2/c1-2-18(26-12-22)21-11-15-16(28(21,23)24)9-14(27-15)13-3-4-17(19-10-13)20-5-7-25-8-6-20/h3-4,9-10,18,22H,2,5-8,11-12H2,1H3. The number of pyridine rings is 1.